The molecule has 4 unspecified atom stereocenters. The third-order valence-electron chi connectivity index (χ3n) is 8.97. The van der Waals surface area contributed by atoms with Crippen molar-refractivity contribution in [2.24, 2.45) is 0 Å². The van der Waals surface area contributed by atoms with Crippen molar-refractivity contribution in [2.45, 2.75) is 104 Å². The van der Waals surface area contributed by atoms with Crippen molar-refractivity contribution in [3.05, 3.63) is 33.4 Å². The van der Waals surface area contributed by atoms with Gasteiger partial charge in [0.25, 0.3) is 0 Å². The zero-order valence-electron chi connectivity index (χ0n) is 32.2. The van der Waals surface area contributed by atoms with Crippen molar-refractivity contribution in [3.8, 4) is 47.3 Å². The molecule has 2 aromatic carbocycles. The Balaban J connectivity index is 2.00. The summed E-state index contributed by atoms with van der Waals surface area (Å²) in [6.07, 6.45) is -2.15. The second-order valence-corrected chi connectivity index (χ2v) is 15.4. The number of rotatable bonds is 6. The summed E-state index contributed by atoms with van der Waals surface area (Å²) in [4.78, 5) is 17.9. The number of nitriles is 4. The van der Waals surface area contributed by atoms with Gasteiger partial charge in [-0.2, -0.15) is 21.0 Å². The normalized spacial score (nSPS) is 20.5. The maximum absolute atomic E-state index is 14.1. The Morgan fingerprint density at radius 2 is 0.865 bits per heavy atom. The van der Waals surface area contributed by atoms with E-state index in [0.29, 0.717) is 48.7 Å². The summed E-state index contributed by atoms with van der Waals surface area (Å²) in [6, 6.07) is 8.91. The van der Waals surface area contributed by atoms with E-state index in [1.807, 2.05) is 79.0 Å². The van der Waals surface area contributed by atoms with E-state index < -0.39 is 17.0 Å². The molecule has 52 heavy (non-hydrogen) atoms. The lowest BCUT2D eigenvalue weighted by molar-refractivity contribution is -0.00552. The monoisotopic (exact) mass is 712 g/mol. The topological polar surface area (TPSA) is 174 Å². The molecule has 0 aliphatic carbocycles. The van der Waals surface area contributed by atoms with E-state index in [2.05, 4.69) is 24.3 Å². The predicted octanol–water partition coefficient (Wildman–Crippen LogP) is 6.59. The van der Waals surface area contributed by atoms with Crippen LogP contribution < -0.4 is 28.7 Å². The molecule has 0 saturated carbocycles. The molecule has 0 aromatic heterocycles. The fraction of sp³-hybridized carbons (Fsp3) is 0.564. The van der Waals surface area contributed by atoms with Crippen molar-refractivity contribution in [1.82, 2.24) is 0 Å². The number of morpholine rings is 2. The Bertz CT molecular complexity index is 1750. The highest BCUT2D eigenvalue weighted by Gasteiger charge is 2.40. The lowest BCUT2D eigenvalue weighted by Crippen LogP contribution is -2.46. The van der Waals surface area contributed by atoms with Crippen molar-refractivity contribution >= 4 is 17.5 Å². The van der Waals surface area contributed by atoms with Crippen molar-refractivity contribution in [2.75, 3.05) is 50.2 Å². The average molecular weight is 713 g/mol. The Morgan fingerprint density at radius 3 is 1.10 bits per heavy atom. The van der Waals surface area contributed by atoms with Gasteiger partial charge in [-0.1, -0.05) is 41.5 Å². The van der Waals surface area contributed by atoms with Gasteiger partial charge >= 0.3 is 6.16 Å². The molecule has 4 rings (SSSR count). The van der Waals surface area contributed by atoms with Crippen LogP contribution in [0.15, 0.2) is 0 Å². The summed E-state index contributed by atoms with van der Waals surface area (Å²) >= 11 is 0. The van der Waals surface area contributed by atoms with E-state index in [1.165, 1.54) is 14.2 Å². The van der Waals surface area contributed by atoms with Crippen LogP contribution in [-0.2, 0) is 20.3 Å². The quantitative estimate of drug-likeness (QED) is 0.232. The molecular weight excluding hydrogens is 664 g/mol. The van der Waals surface area contributed by atoms with Crippen LogP contribution in [-0.4, -0.2) is 71.0 Å². The molecule has 2 aliphatic heterocycles. The number of anilines is 2. The second kappa shape index (κ2) is 15.2. The molecule has 0 spiro atoms. The van der Waals surface area contributed by atoms with E-state index in [0.717, 1.165) is 0 Å². The van der Waals surface area contributed by atoms with Crippen molar-refractivity contribution in [3.63, 3.8) is 0 Å². The molecule has 2 aromatic rings. The Morgan fingerprint density at radius 1 is 0.577 bits per heavy atom. The van der Waals surface area contributed by atoms with Crippen LogP contribution in [0.2, 0.25) is 0 Å². The fourth-order valence-electron chi connectivity index (χ4n) is 7.36. The predicted molar refractivity (Wildman–Crippen MR) is 193 cm³/mol. The minimum atomic E-state index is -1.29. The number of carbonyl (C=O) groups is 1. The first-order valence-electron chi connectivity index (χ1n) is 17.2. The number of nitrogens with zero attached hydrogens (tertiary/aromatic N) is 6. The van der Waals surface area contributed by atoms with Gasteiger partial charge in [-0.05, 0) is 38.5 Å². The summed E-state index contributed by atoms with van der Waals surface area (Å²) in [5.41, 5.74) is 0.275. The Kier molecular flexibility index (Phi) is 11.6. The fourth-order valence-corrected chi connectivity index (χ4v) is 7.36. The van der Waals surface area contributed by atoms with Gasteiger partial charge in [0, 0.05) is 37.3 Å². The minimum Gasteiger partial charge on any atom is -0.492 e. The molecule has 2 heterocycles. The molecule has 2 fully saturated rings. The van der Waals surface area contributed by atoms with E-state index >= 15 is 0 Å². The molecule has 2 saturated heterocycles. The highest BCUT2D eigenvalue weighted by atomic mass is 16.7. The van der Waals surface area contributed by atoms with Crippen LogP contribution in [0.25, 0.3) is 0 Å². The van der Waals surface area contributed by atoms with E-state index in [4.69, 9.17) is 28.4 Å². The molecule has 2 aliphatic rings. The maximum atomic E-state index is 14.1. The molecule has 276 valence electrons. The molecule has 0 N–H and O–H groups in total. The number of carbonyl (C=O) groups excluding carboxylic acids is 1. The zero-order valence-corrected chi connectivity index (χ0v) is 32.2. The number of benzene rings is 2. The number of hydrogen-bond donors (Lipinski definition) is 0. The van der Waals surface area contributed by atoms with Gasteiger partial charge in [0.1, 0.15) is 35.4 Å². The molecule has 0 bridgehead atoms. The van der Waals surface area contributed by atoms with E-state index in [9.17, 15) is 25.8 Å². The molecule has 4 atom stereocenters. The average Bonchev–Trinajstić information content (AvgIpc) is 3.04. The molecule has 0 amide bonds. The first-order valence-corrected chi connectivity index (χ1v) is 17.2. The van der Waals surface area contributed by atoms with Gasteiger partial charge in [-0.15, -0.1) is 0 Å². The number of ether oxygens (including phenoxy) is 6. The van der Waals surface area contributed by atoms with Gasteiger partial charge in [-0.3, -0.25) is 0 Å². The Labute approximate surface area is 306 Å². The summed E-state index contributed by atoms with van der Waals surface area (Å²) in [7, 11) is 2.74. The number of hydrogen-bond acceptors (Lipinski definition) is 13. The second-order valence-electron chi connectivity index (χ2n) is 15.4. The van der Waals surface area contributed by atoms with Crippen LogP contribution in [0.3, 0.4) is 0 Å². The third kappa shape index (κ3) is 7.53. The van der Waals surface area contributed by atoms with E-state index in [1.54, 1.807) is 0 Å². The maximum Gasteiger partial charge on any atom is 0.519 e. The highest BCUT2D eigenvalue weighted by molar-refractivity contribution is 5.85. The minimum absolute atomic E-state index is 0.0234. The SMILES string of the molecule is COc1c(OC(=O)Oc2c(C#N)c(N3CC(C)OC(C)C3)c(C#N)c(C(C)(C)C)c2OC)c(C#N)c(N2CC(C)OC(C)C2)c(C#N)c1C(C)(C)C. The summed E-state index contributed by atoms with van der Waals surface area (Å²) in [5.74, 6) is -0.427. The zero-order chi connectivity index (χ0) is 38.9. The largest absolute Gasteiger partial charge is 0.519 e. The lowest BCUT2D eigenvalue weighted by Gasteiger charge is -2.39. The Hall–Kier alpha value is -5.21. The van der Waals surface area contributed by atoms with Gasteiger partial charge in [0.05, 0.1) is 61.1 Å². The van der Waals surface area contributed by atoms with Crippen LogP contribution in [0.5, 0.6) is 23.0 Å². The smallest absolute Gasteiger partial charge is 0.492 e. The van der Waals surface area contributed by atoms with Gasteiger partial charge < -0.3 is 38.2 Å². The summed E-state index contributed by atoms with van der Waals surface area (Å²) in [6.45, 7) is 20.4. The van der Waals surface area contributed by atoms with E-state index in [-0.39, 0.29) is 69.7 Å². The first kappa shape index (κ1) is 39.6. The molecule has 0 radical (unpaired) electrons. The number of methoxy groups -OCH3 is 2. The van der Waals surface area contributed by atoms with Crippen LogP contribution >= 0.6 is 0 Å². The first-order chi connectivity index (χ1) is 24.4. The van der Waals surface area contributed by atoms with Crippen LogP contribution in [0.1, 0.15) is 103 Å². The summed E-state index contributed by atoms with van der Waals surface area (Å²) < 4.78 is 35.4. The lowest BCUT2D eigenvalue weighted by atomic mass is 9.81. The van der Waals surface area contributed by atoms with Crippen molar-refractivity contribution in [1.29, 1.82) is 21.0 Å². The molecule has 13 heteroatoms. The van der Waals surface area contributed by atoms with Crippen LogP contribution in [0, 0.1) is 45.3 Å². The van der Waals surface area contributed by atoms with Gasteiger partial charge in [-0.25, -0.2) is 4.79 Å². The van der Waals surface area contributed by atoms with Gasteiger partial charge in [0.15, 0.2) is 23.0 Å². The van der Waals surface area contributed by atoms with Gasteiger partial charge in [0.2, 0.25) is 0 Å². The standard InChI is InChI=1S/C39H48N6O7/c1-21-17-44(18-22(2)49-21)31-25(13-40)29(38(5,6)7)35(47-11)33(27(31)15-42)51-37(46)52-34-28(16-43)32(45-19-23(3)50-24(4)20-45)26(14-41)30(36(34)48-12)39(8,9)10/h21-24H,17-20H2,1-12H3. The molecular formula is C39H48N6O7. The molecule has 13 nitrogen and oxygen atoms in total. The third-order valence-corrected chi connectivity index (χ3v) is 8.97. The van der Waals surface area contributed by atoms with Crippen molar-refractivity contribution < 1.29 is 33.2 Å². The van der Waals surface area contributed by atoms with Crippen LogP contribution in [0.4, 0.5) is 16.2 Å². The highest BCUT2D eigenvalue weighted by Crippen LogP contribution is 2.51. The summed E-state index contributed by atoms with van der Waals surface area (Å²) in [5, 5.41) is 42.4.